The number of amides is 2. The Hall–Kier alpha value is -3.18. The van der Waals surface area contributed by atoms with E-state index in [9.17, 15) is 9.59 Å². The van der Waals surface area contributed by atoms with Gasteiger partial charge in [0.05, 0.1) is 32.1 Å². The van der Waals surface area contributed by atoms with Crippen LogP contribution in [0.2, 0.25) is 0 Å². The number of rotatable bonds is 9. The monoisotopic (exact) mass is 579 g/mol. The average Bonchev–Trinajstić information content (AvgIpc) is 3.38. The smallest absolute Gasteiger partial charge is 0.410 e. The molecule has 3 fully saturated rings. The molecule has 0 spiro atoms. The lowest BCUT2D eigenvalue weighted by Crippen LogP contribution is -2.50. The summed E-state index contributed by atoms with van der Waals surface area (Å²) in [5, 5.41) is 3.18. The second kappa shape index (κ2) is 13.9. The van der Waals surface area contributed by atoms with E-state index in [0.29, 0.717) is 44.4 Å². The number of hydrogen-bond donors (Lipinski definition) is 3. The van der Waals surface area contributed by atoms with Gasteiger partial charge in [-0.25, -0.2) is 10.2 Å². The minimum Gasteiger partial charge on any atom is -0.444 e. The molecule has 0 aromatic heterocycles. The van der Waals surface area contributed by atoms with E-state index in [1.54, 1.807) is 4.90 Å². The largest absolute Gasteiger partial charge is 0.444 e. The van der Waals surface area contributed by atoms with Gasteiger partial charge in [0.1, 0.15) is 5.60 Å². The van der Waals surface area contributed by atoms with Crippen LogP contribution in [0.15, 0.2) is 54.6 Å². The van der Waals surface area contributed by atoms with Gasteiger partial charge in [-0.15, -0.1) is 0 Å². The first-order valence-corrected chi connectivity index (χ1v) is 15.1. The fourth-order valence-electron chi connectivity index (χ4n) is 5.88. The summed E-state index contributed by atoms with van der Waals surface area (Å²) >= 11 is 0. The molecule has 2 amide bonds. The molecule has 1 saturated carbocycles. The minimum absolute atomic E-state index is 0.0924. The van der Waals surface area contributed by atoms with Crippen molar-refractivity contribution in [3.8, 4) is 0 Å². The zero-order valence-corrected chi connectivity index (χ0v) is 25.0. The van der Waals surface area contributed by atoms with Crippen molar-refractivity contribution in [3.63, 3.8) is 0 Å². The van der Waals surface area contributed by atoms with Crippen molar-refractivity contribution in [3.05, 3.63) is 65.7 Å². The summed E-state index contributed by atoms with van der Waals surface area (Å²) in [7, 11) is 0. The first-order valence-electron chi connectivity index (χ1n) is 15.1. The number of anilines is 1. The lowest BCUT2D eigenvalue weighted by atomic mass is 9.82. The average molecular weight is 580 g/mol. The first kappa shape index (κ1) is 30.3. The third-order valence-electron chi connectivity index (χ3n) is 8.11. The van der Waals surface area contributed by atoms with Crippen molar-refractivity contribution in [1.82, 2.24) is 21.1 Å². The number of nitrogens with one attached hydrogen (secondary N) is 3. The molecule has 2 saturated heterocycles. The van der Waals surface area contributed by atoms with E-state index in [4.69, 9.17) is 14.2 Å². The number of carbonyl (C=O) groups is 2. The Balaban J connectivity index is 1.01. The highest BCUT2D eigenvalue weighted by molar-refractivity contribution is 5.94. The maximum absolute atomic E-state index is 13.1. The lowest BCUT2D eigenvalue weighted by Gasteiger charge is -2.36. The molecule has 0 radical (unpaired) electrons. The quantitative estimate of drug-likeness (QED) is 0.387. The van der Waals surface area contributed by atoms with Gasteiger partial charge in [0.2, 0.25) is 0 Å². The normalized spacial score (nSPS) is 24.3. The Labute approximate surface area is 249 Å². The summed E-state index contributed by atoms with van der Waals surface area (Å²) in [6.07, 6.45) is 2.63. The molecule has 3 aliphatic rings. The number of ether oxygens (including phenoxy) is 3. The van der Waals surface area contributed by atoms with Crippen molar-refractivity contribution in [2.24, 2.45) is 5.92 Å². The van der Waals surface area contributed by atoms with Crippen LogP contribution in [0.5, 0.6) is 0 Å². The van der Waals surface area contributed by atoms with Gasteiger partial charge in [-0.2, -0.15) is 0 Å². The van der Waals surface area contributed by atoms with Crippen LogP contribution in [0.1, 0.15) is 56.0 Å². The molecule has 42 heavy (non-hydrogen) atoms. The van der Waals surface area contributed by atoms with Crippen LogP contribution in [0.3, 0.4) is 0 Å². The second-order valence-corrected chi connectivity index (χ2v) is 12.4. The Morgan fingerprint density at radius 2 is 1.67 bits per heavy atom. The Bertz CT molecular complexity index is 1160. The zero-order valence-electron chi connectivity index (χ0n) is 25.0. The van der Waals surface area contributed by atoms with Gasteiger partial charge >= 0.3 is 6.09 Å². The lowest BCUT2D eigenvalue weighted by molar-refractivity contribution is -0.0239. The summed E-state index contributed by atoms with van der Waals surface area (Å²) in [4.78, 5) is 29.4. The first-order chi connectivity index (χ1) is 20.2. The van der Waals surface area contributed by atoms with Gasteiger partial charge in [-0.1, -0.05) is 30.3 Å². The van der Waals surface area contributed by atoms with Gasteiger partial charge in [0, 0.05) is 49.4 Å². The van der Waals surface area contributed by atoms with Crippen LogP contribution in [0.25, 0.3) is 0 Å². The molecule has 4 unspecified atom stereocenters. The summed E-state index contributed by atoms with van der Waals surface area (Å²) in [5.41, 5.74) is 9.00. The maximum atomic E-state index is 13.1. The van der Waals surface area contributed by atoms with E-state index in [1.165, 1.54) is 5.56 Å². The van der Waals surface area contributed by atoms with Gasteiger partial charge in [0.25, 0.3) is 5.91 Å². The molecule has 10 nitrogen and oxygen atoms in total. The van der Waals surface area contributed by atoms with E-state index in [0.717, 1.165) is 38.0 Å². The van der Waals surface area contributed by atoms with Crippen molar-refractivity contribution < 1.29 is 23.8 Å². The highest BCUT2D eigenvalue weighted by Crippen LogP contribution is 2.31. The Morgan fingerprint density at radius 1 is 0.929 bits per heavy atom. The van der Waals surface area contributed by atoms with Crippen LogP contribution >= 0.6 is 0 Å². The number of benzene rings is 2. The van der Waals surface area contributed by atoms with Crippen molar-refractivity contribution in [1.29, 1.82) is 0 Å². The predicted octanol–water partition coefficient (Wildman–Crippen LogP) is 3.68. The molecule has 4 atom stereocenters. The number of piperazine rings is 1. The zero-order chi connectivity index (χ0) is 29.5. The molecule has 0 bridgehead atoms. The van der Waals surface area contributed by atoms with Crippen molar-refractivity contribution in [2.75, 3.05) is 44.3 Å². The number of carbonyl (C=O) groups excluding carboxylic acids is 2. The highest BCUT2D eigenvalue weighted by Gasteiger charge is 2.41. The van der Waals surface area contributed by atoms with E-state index >= 15 is 0 Å². The van der Waals surface area contributed by atoms with E-state index in [2.05, 4.69) is 33.2 Å². The summed E-state index contributed by atoms with van der Waals surface area (Å²) in [6.45, 7) is 10.0. The van der Waals surface area contributed by atoms with Crippen LogP contribution in [0.4, 0.5) is 10.5 Å². The second-order valence-electron chi connectivity index (χ2n) is 12.4. The third kappa shape index (κ3) is 8.22. The van der Waals surface area contributed by atoms with E-state index in [1.807, 2.05) is 63.2 Å². The molecule has 1 aliphatic carbocycles. The molecule has 3 N–H and O–H groups in total. The molecule has 10 heteroatoms. The predicted molar refractivity (Wildman–Crippen MR) is 161 cm³/mol. The fourth-order valence-corrected chi connectivity index (χ4v) is 5.88. The number of fused-ring (bicyclic) bond motifs is 1. The van der Waals surface area contributed by atoms with Crippen LogP contribution < -0.4 is 21.1 Å². The van der Waals surface area contributed by atoms with Gasteiger partial charge in [0.15, 0.2) is 0 Å². The fraction of sp³-hybridized carbons (Fsp3) is 0.562. The van der Waals surface area contributed by atoms with Gasteiger partial charge in [-0.3, -0.25) is 10.2 Å². The van der Waals surface area contributed by atoms with Crippen LogP contribution in [-0.2, 0) is 20.8 Å². The molecular weight excluding hydrogens is 534 g/mol. The number of hydrogen-bond acceptors (Lipinski definition) is 8. The summed E-state index contributed by atoms with van der Waals surface area (Å²) < 4.78 is 17.3. The van der Waals surface area contributed by atoms with Crippen LogP contribution in [-0.4, -0.2) is 80.2 Å². The van der Waals surface area contributed by atoms with Gasteiger partial charge < -0.3 is 29.3 Å². The number of hydrazine groups is 1. The highest BCUT2D eigenvalue weighted by atomic mass is 16.6. The van der Waals surface area contributed by atoms with E-state index < -0.39 is 5.60 Å². The van der Waals surface area contributed by atoms with E-state index in [-0.39, 0.29) is 30.3 Å². The Kier molecular flexibility index (Phi) is 9.99. The molecule has 228 valence electrons. The standard InChI is InChI=1S/C32H45N5O5/c1-32(2,3)42-31(39)37-17-15-36(16-18-37)25-11-9-24(10-12-25)30(38)33-29-27-14-13-26(21-28(27)34-35-29)41-20-19-40-22-23-7-5-4-6-8-23/h4-12,26-29,34-35H,13-22H2,1-3H3,(H,33,38). The molecule has 2 aromatic carbocycles. The van der Waals surface area contributed by atoms with Crippen molar-refractivity contribution in [2.45, 2.75) is 70.6 Å². The summed E-state index contributed by atoms with van der Waals surface area (Å²) in [6, 6.07) is 18.1. The maximum Gasteiger partial charge on any atom is 0.410 e. The summed E-state index contributed by atoms with van der Waals surface area (Å²) in [5.74, 6) is 0.217. The third-order valence-corrected chi connectivity index (χ3v) is 8.11. The molecule has 5 rings (SSSR count). The molecule has 2 aliphatic heterocycles. The Morgan fingerprint density at radius 3 is 2.38 bits per heavy atom. The minimum atomic E-state index is -0.498. The molecule has 2 heterocycles. The topological polar surface area (TPSA) is 104 Å². The van der Waals surface area contributed by atoms with Crippen LogP contribution in [0, 0.1) is 5.92 Å². The number of nitrogens with zero attached hydrogens (tertiary/aromatic N) is 2. The molecular formula is C32H45N5O5. The van der Waals surface area contributed by atoms with Gasteiger partial charge in [-0.05, 0) is 69.9 Å². The molecule has 2 aromatic rings. The van der Waals surface area contributed by atoms with Crippen molar-refractivity contribution >= 4 is 17.7 Å². The SMILES string of the molecule is CC(C)(C)OC(=O)N1CCN(c2ccc(C(=O)NC3NNC4CC(OCCOCc5ccccc5)CCC43)cc2)CC1.